The molecule has 0 radical (unpaired) electrons. The summed E-state index contributed by atoms with van der Waals surface area (Å²) in [6, 6.07) is 22.4. The van der Waals surface area contributed by atoms with Crippen LogP contribution in [0.3, 0.4) is 0 Å². The molecule has 1 aliphatic rings. The van der Waals surface area contributed by atoms with Gasteiger partial charge >= 0.3 is 5.97 Å². The second-order valence-corrected chi connectivity index (χ2v) is 8.23. The normalized spacial score (nSPS) is 13.4. The van der Waals surface area contributed by atoms with Crippen molar-refractivity contribution in [3.05, 3.63) is 83.6 Å². The van der Waals surface area contributed by atoms with Gasteiger partial charge in [-0.05, 0) is 53.8 Å². The topological polar surface area (TPSA) is 90.4 Å². The Morgan fingerprint density at radius 3 is 2.66 bits per heavy atom. The maximum absolute atomic E-state index is 11.2. The number of carboxylic acid groups (broad SMARTS) is 1. The highest BCUT2D eigenvalue weighted by atomic mass is 16.5. The molecular weight excluding hydrogens is 402 g/mol. The predicted molar refractivity (Wildman–Crippen MR) is 123 cm³/mol. The molecule has 0 amide bonds. The molecule has 3 N–H and O–H groups in total. The van der Waals surface area contributed by atoms with E-state index in [9.17, 15) is 9.90 Å². The van der Waals surface area contributed by atoms with Crippen molar-refractivity contribution in [2.45, 2.75) is 38.5 Å². The maximum Gasteiger partial charge on any atom is 0.307 e. The Kier molecular flexibility index (Phi) is 5.37. The summed E-state index contributed by atoms with van der Waals surface area (Å²) in [5, 5.41) is 15.1. The minimum Gasteiger partial charge on any atom is -0.487 e. The highest BCUT2D eigenvalue weighted by Crippen LogP contribution is 2.38. The number of benzene rings is 3. The minimum absolute atomic E-state index is 0.0743. The largest absolute Gasteiger partial charge is 0.487 e. The summed E-state index contributed by atoms with van der Waals surface area (Å²) in [4.78, 5) is 11.2. The van der Waals surface area contributed by atoms with Crippen LogP contribution in [0.2, 0.25) is 0 Å². The van der Waals surface area contributed by atoms with E-state index in [0.29, 0.717) is 23.9 Å². The SMILES string of the molecule is NCc1cccc(-c2ccc3c(c2)c(COc2ccccc2CC(=O)O)nn3C2CC2)c1. The van der Waals surface area contributed by atoms with Gasteiger partial charge in [0.2, 0.25) is 0 Å². The third-order valence-corrected chi connectivity index (χ3v) is 5.85. The van der Waals surface area contributed by atoms with Crippen molar-refractivity contribution in [1.29, 1.82) is 0 Å². The number of hydrogen-bond donors (Lipinski definition) is 2. The fraction of sp³-hybridized carbons (Fsp3) is 0.231. The van der Waals surface area contributed by atoms with Gasteiger partial charge in [0.15, 0.2) is 0 Å². The van der Waals surface area contributed by atoms with Crippen LogP contribution in [0, 0.1) is 0 Å². The van der Waals surface area contributed by atoms with E-state index >= 15 is 0 Å². The standard InChI is InChI=1S/C26H25N3O3/c27-15-17-4-3-6-18(12-17)19-8-11-24-22(13-19)23(28-29(24)21-9-10-21)16-32-25-7-2-1-5-20(25)14-26(30)31/h1-8,11-13,21H,9-10,14-16,27H2,(H,30,31). The third-order valence-electron chi connectivity index (χ3n) is 5.85. The smallest absolute Gasteiger partial charge is 0.307 e. The van der Waals surface area contributed by atoms with Crippen LogP contribution in [0.25, 0.3) is 22.0 Å². The number of aliphatic carboxylic acids is 1. The highest BCUT2D eigenvalue weighted by Gasteiger charge is 2.27. The Labute approximate surface area is 186 Å². The first-order valence-electron chi connectivity index (χ1n) is 10.9. The van der Waals surface area contributed by atoms with Gasteiger partial charge < -0.3 is 15.6 Å². The van der Waals surface area contributed by atoms with Crippen molar-refractivity contribution >= 4 is 16.9 Å². The Balaban J connectivity index is 1.50. The van der Waals surface area contributed by atoms with Gasteiger partial charge in [0.1, 0.15) is 18.1 Å². The molecule has 6 heteroatoms. The number of para-hydroxylation sites is 1. The van der Waals surface area contributed by atoms with Gasteiger partial charge in [-0.2, -0.15) is 5.10 Å². The fourth-order valence-electron chi connectivity index (χ4n) is 4.07. The Bertz CT molecular complexity index is 1290. The Morgan fingerprint density at radius 1 is 1.06 bits per heavy atom. The first kappa shape index (κ1) is 20.3. The average molecular weight is 428 g/mol. The average Bonchev–Trinajstić information content (AvgIpc) is 3.59. The lowest BCUT2D eigenvalue weighted by Gasteiger charge is -2.09. The number of nitrogens with zero attached hydrogens (tertiary/aromatic N) is 2. The lowest BCUT2D eigenvalue weighted by Crippen LogP contribution is -2.05. The van der Waals surface area contributed by atoms with E-state index in [-0.39, 0.29) is 13.0 Å². The third kappa shape index (κ3) is 4.09. The van der Waals surface area contributed by atoms with E-state index in [1.807, 2.05) is 30.3 Å². The number of carbonyl (C=O) groups is 1. The van der Waals surface area contributed by atoms with Crippen molar-refractivity contribution in [2.24, 2.45) is 5.73 Å². The van der Waals surface area contributed by atoms with Crippen LogP contribution in [0.1, 0.15) is 35.7 Å². The highest BCUT2D eigenvalue weighted by molar-refractivity contribution is 5.87. The van der Waals surface area contributed by atoms with E-state index in [1.165, 1.54) is 0 Å². The van der Waals surface area contributed by atoms with Gasteiger partial charge in [-0.25, -0.2) is 0 Å². The zero-order valence-corrected chi connectivity index (χ0v) is 17.7. The van der Waals surface area contributed by atoms with Gasteiger partial charge in [-0.1, -0.05) is 42.5 Å². The quantitative estimate of drug-likeness (QED) is 0.425. The van der Waals surface area contributed by atoms with Gasteiger partial charge in [0.25, 0.3) is 0 Å². The summed E-state index contributed by atoms with van der Waals surface area (Å²) in [6.07, 6.45) is 2.20. The van der Waals surface area contributed by atoms with Crippen molar-refractivity contribution in [2.75, 3.05) is 0 Å². The molecule has 162 valence electrons. The van der Waals surface area contributed by atoms with Crippen LogP contribution in [0.4, 0.5) is 0 Å². The van der Waals surface area contributed by atoms with Crippen LogP contribution in [0.5, 0.6) is 5.75 Å². The summed E-state index contributed by atoms with van der Waals surface area (Å²) in [6.45, 7) is 0.781. The summed E-state index contributed by atoms with van der Waals surface area (Å²) < 4.78 is 8.18. The molecule has 1 aromatic heterocycles. The van der Waals surface area contributed by atoms with Crippen LogP contribution in [-0.4, -0.2) is 20.9 Å². The Hall–Kier alpha value is -3.64. The van der Waals surface area contributed by atoms with E-state index in [0.717, 1.165) is 46.1 Å². The van der Waals surface area contributed by atoms with Crippen LogP contribution >= 0.6 is 0 Å². The van der Waals surface area contributed by atoms with E-state index in [4.69, 9.17) is 15.6 Å². The molecule has 4 aromatic rings. The molecule has 5 rings (SSSR count). The minimum atomic E-state index is -0.881. The van der Waals surface area contributed by atoms with E-state index < -0.39 is 5.97 Å². The molecule has 1 saturated carbocycles. The summed E-state index contributed by atoms with van der Waals surface area (Å²) in [5.74, 6) is -0.301. The van der Waals surface area contributed by atoms with Crippen LogP contribution < -0.4 is 10.5 Å². The van der Waals surface area contributed by atoms with Gasteiger partial charge in [0.05, 0.1) is 18.0 Å². The van der Waals surface area contributed by atoms with Crippen molar-refractivity contribution in [3.63, 3.8) is 0 Å². The summed E-state index contributed by atoms with van der Waals surface area (Å²) in [7, 11) is 0. The second kappa shape index (κ2) is 8.48. The molecule has 1 heterocycles. The lowest BCUT2D eigenvalue weighted by molar-refractivity contribution is -0.136. The fourth-order valence-corrected chi connectivity index (χ4v) is 4.07. The number of nitrogens with two attached hydrogens (primary N) is 1. The molecule has 1 aliphatic carbocycles. The Morgan fingerprint density at radius 2 is 1.88 bits per heavy atom. The lowest BCUT2D eigenvalue weighted by atomic mass is 10.0. The molecule has 0 aliphatic heterocycles. The number of carboxylic acids is 1. The molecule has 32 heavy (non-hydrogen) atoms. The second-order valence-electron chi connectivity index (χ2n) is 8.23. The number of aromatic nitrogens is 2. The molecule has 3 aromatic carbocycles. The first-order chi connectivity index (χ1) is 15.6. The number of ether oxygens (including phenoxy) is 1. The van der Waals surface area contributed by atoms with E-state index in [1.54, 1.807) is 6.07 Å². The summed E-state index contributed by atoms with van der Waals surface area (Å²) >= 11 is 0. The molecule has 0 bridgehead atoms. The van der Waals surface area contributed by atoms with Crippen molar-refractivity contribution in [3.8, 4) is 16.9 Å². The van der Waals surface area contributed by atoms with Gasteiger partial charge in [0, 0.05) is 17.5 Å². The monoisotopic (exact) mass is 427 g/mol. The molecule has 0 saturated heterocycles. The van der Waals surface area contributed by atoms with E-state index in [2.05, 4.69) is 35.0 Å². The zero-order valence-electron chi connectivity index (χ0n) is 17.7. The number of fused-ring (bicyclic) bond motifs is 1. The van der Waals surface area contributed by atoms with Crippen molar-refractivity contribution in [1.82, 2.24) is 9.78 Å². The zero-order chi connectivity index (χ0) is 22.1. The summed E-state index contributed by atoms with van der Waals surface area (Å²) in [5.41, 5.74) is 11.8. The van der Waals surface area contributed by atoms with Gasteiger partial charge in [-0.3, -0.25) is 9.48 Å². The molecule has 1 fully saturated rings. The molecule has 0 spiro atoms. The predicted octanol–water partition coefficient (Wildman–Crippen LogP) is 4.70. The van der Waals surface area contributed by atoms with Crippen LogP contribution in [-0.2, 0) is 24.4 Å². The molecule has 6 nitrogen and oxygen atoms in total. The number of hydrogen-bond acceptors (Lipinski definition) is 4. The van der Waals surface area contributed by atoms with Crippen molar-refractivity contribution < 1.29 is 14.6 Å². The van der Waals surface area contributed by atoms with Crippen LogP contribution in [0.15, 0.2) is 66.7 Å². The first-order valence-corrected chi connectivity index (χ1v) is 10.9. The molecule has 0 atom stereocenters. The maximum atomic E-state index is 11.2. The molecule has 0 unspecified atom stereocenters. The van der Waals surface area contributed by atoms with Gasteiger partial charge in [-0.15, -0.1) is 0 Å². The number of rotatable bonds is 8. The molecular formula is C26H25N3O3.